The Morgan fingerprint density at radius 3 is 2.71 bits per heavy atom. The van der Waals surface area contributed by atoms with Crippen molar-refractivity contribution in [1.29, 1.82) is 0 Å². The number of ether oxygens (including phenoxy) is 1. The Hall–Kier alpha value is -1.71. The monoisotopic (exact) mass is 317 g/mol. The maximum absolute atomic E-state index is 12.1. The molecular weight excluding hydrogens is 298 g/mol. The minimum absolute atomic E-state index is 0.137. The van der Waals surface area contributed by atoms with Crippen LogP contribution < -0.4 is 10.5 Å². The van der Waals surface area contributed by atoms with Gasteiger partial charge in [0, 0.05) is 31.5 Å². The molecule has 118 valence electrons. The first-order chi connectivity index (χ1) is 9.88. The fourth-order valence-electron chi connectivity index (χ4n) is 1.60. The number of hydrogen-bond donors (Lipinski definition) is 2. The van der Waals surface area contributed by atoms with Crippen molar-refractivity contribution in [3.63, 3.8) is 0 Å². The number of sulfonamides is 1. The van der Waals surface area contributed by atoms with Gasteiger partial charge in [0.2, 0.25) is 10.0 Å². The summed E-state index contributed by atoms with van der Waals surface area (Å²) in [5.41, 5.74) is 5.14. The molecule has 9 heteroatoms. The fraction of sp³-hybridized carbons (Fsp3) is 0.500. The van der Waals surface area contributed by atoms with Crippen LogP contribution in [0, 0.1) is 10.1 Å². The number of nitrogens with one attached hydrogen (secondary N) is 1. The number of nitrogens with zero attached hydrogens (tertiary/aromatic N) is 1. The molecule has 0 heterocycles. The topological polar surface area (TPSA) is 125 Å². The lowest BCUT2D eigenvalue weighted by Gasteiger charge is -2.08. The van der Waals surface area contributed by atoms with Gasteiger partial charge in [-0.25, -0.2) is 13.1 Å². The summed E-state index contributed by atoms with van der Waals surface area (Å²) < 4.78 is 31.7. The second-order valence-electron chi connectivity index (χ2n) is 4.35. The smallest absolute Gasteiger partial charge is 0.289 e. The molecule has 0 fully saturated rings. The predicted octanol–water partition coefficient (Wildman–Crippen LogP) is 1.27. The van der Waals surface area contributed by atoms with Crippen molar-refractivity contribution in [3.05, 3.63) is 28.3 Å². The fourth-order valence-corrected chi connectivity index (χ4v) is 2.88. The third-order valence-electron chi connectivity index (χ3n) is 2.58. The summed E-state index contributed by atoms with van der Waals surface area (Å²) in [5, 5.41) is 10.9. The Morgan fingerprint density at radius 2 is 2.10 bits per heavy atom. The molecule has 0 aromatic heterocycles. The van der Waals surface area contributed by atoms with E-state index in [2.05, 4.69) is 4.72 Å². The molecule has 0 unspecified atom stereocenters. The Bertz CT molecular complexity index is 589. The van der Waals surface area contributed by atoms with Gasteiger partial charge in [-0.2, -0.15) is 0 Å². The summed E-state index contributed by atoms with van der Waals surface area (Å²) in [6, 6.07) is 3.44. The zero-order valence-corrected chi connectivity index (χ0v) is 12.6. The molecule has 0 saturated heterocycles. The molecule has 0 bridgehead atoms. The number of anilines is 1. The summed E-state index contributed by atoms with van der Waals surface area (Å²) in [7, 11) is -3.98. The van der Waals surface area contributed by atoms with Gasteiger partial charge in [0.25, 0.3) is 5.69 Å². The van der Waals surface area contributed by atoms with E-state index in [1.54, 1.807) is 0 Å². The Kier molecular flexibility index (Phi) is 6.53. The molecule has 3 N–H and O–H groups in total. The third kappa shape index (κ3) is 5.29. The van der Waals surface area contributed by atoms with Crippen molar-refractivity contribution in [2.75, 3.05) is 25.5 Å². The highest BCUT2D eigenvalue weighted by Crippen LogP contribution is 2.25. The number of nitrogen functional groups attached to an aromatic ring is 1. The molecule has 1 aromatic carbocycles. The lowest BCUT2D eigenvalue weighted by Crippen LogP contribution is -2.26. The van der Waals surface area contributed by atoms with E-state index >= 15 is 0 Å². The van der Waals surface area contributed by atoms with E-state index in [1.165, 1.54) is 6.07 Å². The van der Waals surface area contributed by atoms with Gasteiger partial charge in [0.1, 0.15) is 0 Å². The first kappa shape index (κ1) is 17.3. The highest BCUT2D eigenvalue weighted by Gasteiger charge is 2.25. The van der Waals surface area contributed by atoms with E-state index < -0.39 is 25.5 Å². The van der Waals surface area contributed by atoms with Crippen LogP contribution in [0.3, 0.4) is 0 Å². The molecule has 0 spiro atoms. The molecule has 21 heavy (non-hydrogen) atoms. The van der Waals surface area contributed by atoms with Gasteiger partial charge in [-0.15, -0.1) is 0 Å². The van der Waals surface area contributed by atoms with Gasteiger partial charge in [-0.3, -0.25) is 10.1 Å². The lowest BCUT2D eigenvalue weighted by molar-refractivity contribution is -0.387. The highest BCUT2D eigenvalue weighted by atomic mass is 32.2. The Balaban J connectivity index is 2.74. The summed E-state index contributed by atoms with van der Waals surface area (Å²) >= 11 is 0. The number of nitrogens with two attached hydrogens (primary N) is 1. The number of nitro benzene ring substituents is 1. The van der Waals surface area contributed by atoms with Crippen molar-refractivity contribution in [2.45, 2.75) is 24.7 Å². The summed E-state index contributed by atoms with van der Waals surface area (Å²) in [6.45, 7) is 3.16. The number of benzene rings is 1. The molecule has 1 rings (SSSR count). The predicted molar refractivity (Wildman–Crippen MR) is 78.4 cm³/mol. The molecule has 0 aliphatic carbocycles. The first-order valence-corrected chi connectivity index (χ1v) is 7.98. The summed E-state index contributed by atoms with van der Waals surface area (Å²) in [4.78, 5) is 9.70. The summed E-state index contributed by atoms with van der Waals surface area (Å²) in [5.74, 6) is 0. The molecule has 0 saturated carbocycles. The van der Waals surface area contributed by atoms with Crippen molar-refractivity contribution in [2.24, 2.45) is 0 Å². The lowest BCUT2D eigenvalue weighted by atomic mass is 10.3. The number of rotatable bonds is 9. The zero-order valence-electron chi connectivity index (χ0n) is 11.7. The van der Waals surface area contributed by atoms with E-state index in [9.17, 15) is 18.5 Å². The molecule has 0 aliphatic heterocycles. The molecule has 0 radical (unpaired) electrons. The Morgan fingerprint density at radius 1 is 1.38 bits per heavy atom. The first-order valence-electron chi connectivity index (χ1n) is 6.50. The van der Waals surface area contributed by atoms with Crippen LogP contribution >= 0.6 is 0 Å². The van der Waals surface area contributed by atoms with Gasteiger partial charge >= 0.3 is 0 Å². The second kappa shape index (κ2) is 7.91. The molecule has 1 aromatic rings. The van der Waals surface area contributed by atoms with Crippen molar-refractivity contribution < 1.29 is 18.1 Å². The molecule has 0 amide bonds. The van der Waals surface area contributed by atoms with Gasteiger partial charge in [-0.05, 0) is 25.0 Å². The molecule has 0 aliphatic rings. The normalized spacial score (nSPS) is 11.5. The zero-order chi connectivity index (χ0) is 15.9. The Labute approximate surface area is 123 Å². The van der Waals surface area contributed by atoms with E-state index in [0.29, 0.717) is 19.6 Å². The number of hydrogen-bond acceptors (Lipinski definition) is 6. The van der Waals surface area contributed by atoms with Crippen LogP contribution in [0.5, 0.6) is 0 Å². The summed E-state index contributed by atoms with van der Waals surface area (Å²) in [6.07, 6.45) is 1.37. The van der Waals surface area contributed by atoms with Gasteiger partial charge in [0.05, 0.1) is 4.92 Å². The van der Waals surface area contributed by atoms with Crippen LogP contribution in [0.4, 0.5) is 11.4 Å². The minimum atomic E-state index is -3.98. The quantitative estimate of drug-likeness (QED) is 0.306. The van der Waals surface area contributed by atoms with Crippen LogP contribution in [-0.2, 0) is 14.8 Å². The van der Waals surface area contributed by atoms with Gasteiger partial charge < -0.3 is 10.5 Å². The van der Waals surface area contributed by atoms with Crippen LogP contribution in [-0.4, -0.2) is 33.1 Å². The average Bonchev–Trinajstić information content (AvgIpc) is 2.42. The van der Waals surface area contributed by atoms with Gasteiger partial charge in [-0.1, -0.05) is 6.92 Å². The maximum Gasteiger partial charge on any atom is 0.289 e. The minimum Gasteiger partial charge on any atom is -0.399 e. The van der Waals surface area contributed by atoms with Crippen LogP contribution in [0.15, 0.2) is 23.1 Å². The highest BCUT2D eigenvalue weighted by molar-refractivity contribution is 7.89. The van der Waals surface area contributed by atoms with Crippen LogP contribution in [0.25, 0.3) is 0 Å². The van der Waals surface area contributed by atoms with E-state index in [1.807, 2.05) is 6.92 Å². The second-order valence-corrected chi connectivity index (χ2v) is 6.08. The molecule has 8 nitrogen and oxygen atoms in total. The number of nitro groups is 1. The van der Waals surface area contributed by atoms with Crippen molar-refractivity contribution >= 4 is 21.4 Å². The SMILES string of the molecule is CCCOCCCNS(=O)(=O)c1cc(N)ccc1[N+](=O)[O-]. The van der Waals surface area contributed by atoms with Crippen molar-refractivity contribution in [1.82, 2.24) is 4.72 Å². The standard InChI is InChI=1S/C12H19N3O5S/c1-2-7-20-8-3-6-14-21(18,19)12-9-10(13)4-5-11(12)15(16)17/h4-5,9,14H,2-3,6-8,13H2,1H3. The largest absolute Gasteiger partial charge is 0.399 e. The van der Waals surface area contributed by atoms with E-state index in [-0.39, 0.29) is 12.2 Å². The maximum atomic E-state index is 12.1. The van der Waals surface area contributed by atoms with Crippen LogP contribution in [0.2, 0.25) is 0 Å². The van der Waals surface area contributed by atoms with E-state index in [4.69, 9.17) is 10.5 Å². The van der Waals surface area contributed by atoms with Gasteiger partial charge in [0.15, 0.2) is 4.90 Å². The third-order valence-corrected chi connectivity index (χ3v) is 4.07. The average molecular weight is 317 g/mol. The van der Waals surface area contributed by atoms with Crippen molar-refractivity contribution in [3.8, 4) is 0 Å². The molecule has 0 atom stereocenters. The molecular formula is C12H19N3O5S. The van der Waals surface area contributed by atoms with E-state index in [0.717, 1.165) is 18.6 Å². The van der Waals surface area contributed by atoms with Crippen LogP contribution in [0.1, 0.15) is 19.8 Å².